The van der Waals surface area contributed by atoms with Gasteiger partial charge >= 0.3 is 0 Å². The average Bonchev–Trinajstić information content (AvgIpc) is 2.96. The molecule has 0 unspecified atom stereocenters. The van der Waals surface area contributed by atoms with Crippen molar-refractivity contribution in [1.82, 2.24) is 19.7 Å². The van der Waals surface area contributed by atoms with Crippen LogP contribution in [-0.2, 0) is 16.1 Å². The zero-order chi connectivity index (χ0) is 17.1. The van der Waals surface area contributed by atoms with Crippen LogP contribution in [0.25, 0.3) is 11.4 Å². The number of benzene rings is 1. The number of amides is 1. The first-order chi connectivity index (χ1) is 11.6. The predicted octanol–water partition coefficient (Wildman–Crippen LogP) is 1.86. The molecule has 1 N–H and O–H groups in total. The minimum absolute atomic E-state index is 0.0115. The van der Waals surface area contributed by atoms with Crippen molar-refractivity contribution in [1.29, 1.82) is 0 Å². The first-order valence-corrected chi connectivity index (χ1v) is 8.18. The number of nitrogens with zero attached hydrogens (tertiary/aromatic N) is 3. The van der Waals surface area contributed by atoms with E-state index in [2.05, 4.69) is 10.2 Å². The molecule has 1 aromatic heterocycles. The summed E-state index contributed by atoms with van der Waals surface area (Å²) in [5, 5.41) is 7.03. The second-order valence-corrected chi connectivity index (χ2v) is 6.07. The number of hydrogen-bond donors (Lipinski definition) is 1. The third kappa shape index (κ3) is 3.49. The lowest BCUT2D eigenvalue weighted by Gasteiger charge is -2.31. The van der Waals surface area contributed by atoms with Crippen molar-refractivity contribution in [2.45, 2.75) is 19.6 Å². The van der Waals surface area contributed by atoms with Gasteiger partial charge in [0.1, 0.15) is 12.3 Å². The second kappa shape index (κ2) is 7.14. The summed E-state index contributed by atoms with van der Waals surface area (Å²) >= 11 is 5.29. The molecule has 2 heterocycles. The molecule has 1 fully saturated rings. The first kappa shape index (κ1) is 16.7. The Morgan fingerprint density at radius 3 is 2.88 bits per heavy atom. The Morgan fingerprint density at radius 1 is 1.46 bits per heavy atom. The lowest BCUT2D eigenvalue weighted by molar-refractivity contribution is -0.138. The van der Waals surface area contributed by atoms with E-state index in [0.717, 1.165) is 11.3 Å². The normalized spacial score (nSPS) is 17.8. The van der Waals surface area contributed by atoms with Gasteiger partial charge < -0.3 is 14.4 Å². The smallest absolute Gasteiger partial charge is 0.242 e. The quantitative estimate of drug-likeness (QED) is 0.854. The fraction of sp³-hybridized carbons (Fsp3) is 0.438. The van der Waals surface area contributed by atoms with Gasteiger partial charge in [-0.05, 0) is 43.4 Å². The third-order valence-electron chi connectivity index (χ3n) is 3.99. The maximum absolute atomic E-state index is 12.6. The molecule has 8 heteroatoms. The molecule has 2 aromatic rings. The molecule has 1 aromatic carbocycles. The van der Waals surface area contributed by atoms with Crippen LogP contribution in [0.2, 0.25) is 0 Å². The number of aromatic amines is 1. The van der Waals surface area contributed by atoms with Gasteiger partial charge in [-0.3, -0.25) is 14.5 Å². The molecule has 0 radical (unpaired) electrons. The maximum Gasteiger partial charge on any atom is 0.242 e. The van der Waals surface area contributed by atoms with E-state index in [0.29, 0.717) is 30.3 Å². The van der Waals surface area contributed by atoms with Crippen molar-refractivity contribution >= 4 is 18.1 Å². The van der Waals surface area contributed by atoms with Crippen LogP contribution in [0.4, 0.5) is 0 Å². The summed E-state index contributed by atoms with van der Waals surface area (Å²) in [6.45, 7) is 3.89. The lowest BCUT2D eigenvalue weighted by Crippen LogP contribution is -2.45. The molecule has 0 spiro atoms. The number of morpholine rings is 1. The zero-order valence-electron chi connectivity index (χ0n) is 13.7. The molecule has 0 saturated carbocycles. The largest absolute Gasteiger partial charge is 0.497 e. The standard InChI is InChI=1S/C16H20N4O3S/c1-11-9-19(7-8-23-11)14(21)10-20-15(17-18-16(20)24)12-3-5-13(22-2)6-4-12/h3-6,11H,7-10H2,1-2H3,(H,18,24)/t11-/m1/s1. The number of rotatable bonds is 4. The van der Waals surface area contributed by atoms with E-state index in [1.165, 1.54) is 0 Å². The topological polar surface area (TPSA) is 72.4 Å². The van der Waals surface area contributed by atoms with Crippen molar-refractivity contribution in [3.8, 4) is 17.1 Å². The molecule has 1 atom stereocenters. The summed E-state index contributed by atoms with van der Waals surface area (Å²) in [6.07, 6.45) is 0.0566. The van der Waals surface area contributed by atoms with E-state index >= 15 is 0 Å². The minimum Gasteiger partial charge on any atom is -0.497 e. The molecular weight excluding hydrogens is 328 g/mol. The van der Waals surface area contributed by atoms with Gasteiger partial charge in [-0.15, -0.1) is 0 Å². The highest BCUT2D eigenvalue weighted by molar-refractivity contribution is 7.71. The van der Waals surface area contributed by atoms with Crippen molar-refractivity contribution in [3.63, 3.8) is 0 Å². The highest BCUT2D eigenvalue weighted by Crippen LogP contribution is 2.21. The van der Waals surface area contributed by atoms with Crippen LogP contribution in [0.1, 0.15) is 6.92 Å². The van der Waals surface area contributed by atoms with Crippen molar-refractivity contribution in [2.24, 2.45) is 0 Å². The number of hydrogen-bond acceptors (Lipinski definition) is 5. The van der Waals surface area contributed by atoms with E-state index in [-0.39, 0.29) is 18.6 Å². The third-order valence-corrected chi connectivity index (χ3v) is 4.31. The molecule has 1 amide bonds. The Morgan fingerprint density at radius 2 is 2.21 bits per heavy atom. The summed E-state index contributed by atoms with van der Waals surface area (Å²) in [5.74, 6) is 1.41. The monoisotopic (exact) mass is 348 g/mol. The molecule has 0 bridgehead atoms. The molecule has 1 saturated heterocycles. The van der Waals surface area contributed by atoms with E-state index in [1.54, 1.807) is 16.6 Å². The van der Waals surface area contributed by atoms with Gasteiger partial charge in [0.2, 0.25) is 5.91 Å². The summed E-state index contributed by atoms with van der Waals surface area (Å²) < 4.78 is 12.8. The van der Waals surface area contributed by atoms with E-state index in [1.807, 2.05) is 31.2 Å². The number of carbonyl (C=O) groups excluding carboxylic acids is 1. The van der Waals surface area contributed by atoms with Gasteiger partial charge in [-0.25, -0.2) is 0 Å². The lowest BCUT2D eigenvalue weighted by atomic mass is 10.2. The fourth-order valence-corrected chi connectivity index (χ4v) is 2.90. The minimum atomic E-state index is 0.0115. The number of methoxy groups -OCH3 is 1. The average molecular weight is 348 g/mol. The molecular formula is C16H20N4O3S. The van der Waals surface area contributed by atoms with Gasteiger partial charge in [0.15, 0.2) is 10.6 Å². The summed E-state index contributed by atoms with van der Waals surface area (Å²) in [6, 6.07) is 7.48. The Labute approximate surface area is 145 Å². The van der Waals surface area contributed by atoms with Crippen LogP contribution < -0.4 is 4.74 Å². The number of nitrogens with one attached hydrogen (secondary N) is 1. The number of aromatic nitrogens is 3. The van der Waals surface area contributed by atoms with Crippen molar-refractivity contribution in [3.05, 3.63) is 29.0 Å². The van der Waals surface area contributed by atoms with Gasteiger partial charge in [0.25, 0.3) is 0 Å². The van der Waals surface area contributed by atoms with E-state index in [9.17, 15) is 4.79 Å². The van der Waals surface area contributed by atoms with Crippen LogP contribution in [0.3, 0.4) is 0 Å². The molecule has 3 rings (SSSR count). The van der Waals surface area contributed by atoms with Gasteiger partial charge in [0.05, 0.1) is 19.8 Å². The predicted molar refractivity (Wildman–Crippen MR) is 91.4 cm³/mol. The van der Waals surface area contributed by atoms with Crippen molar-refractivity contribution < 1.29 is 14.3 Å². The van der Waals surface area contributed by atoms with Gasteiger partial charge in [-0.1, -0.05) is 0 Å². The number of H-pyrrole nitrogens is 1. The molecule has 1 aliphatic rings. The Balaban J connectivity index is 1.82. The molecule has 128 valence electrons. The van der Waals surface area contributed by atoms with Crippen LogP contribution in [0.5, 0.6) is 5.75 Å². The molecule has 0 aliphatic carbocycles. The van der Waals surface area contributed by atoms with E-state index in [4.69, 9.17) is 21.7 Å². The molecule has 1 aliphatic heterocycles. The van der Waals surface area contributed by atoms with Gasteiger partial charge in [-0.2, -0.15) is 5.10 Å². The zero-order valence-corrected chi connectivity index (χ0v) is 14.5. The van der Waals surface area contributed by atoms with Crippen LogP contribution >= 0.6 is 12.2 Å². The summed E-state index contributed by atoms with van der Waals surface area (Å²) in [7, 11) is 1.62. The fourth-order valence-electron chi connectivity index (χ4n) is 2.71. The first-order valence-electron chi connectivity index (χ1n) is 7.77. The van der Waals surface area contributed by atoms with E-state index < -0.39 is 0 Å². The van der Waals surface area contributed by atoms with Crippen LogP contribution in [0.15, 0.2) is 24.3 Å². The van der Waals surface area contributed by atoms with Crippen molar-refractivity contribution in [2.75, 3.05) is 26.8 Å². The summed E-state index contributed by atoms with van der Waals surface area (Å²) in [5.41, 5.74) is 0.867. The van der Waals surface area contributed by atoms with Crippen LogP contribution in [0, 0.1) is 4.77 Å². The number of carbonyl (C=O) groups is 1. The van der Waals surface area contributed by atoms with Gasteiger partial charge in [0, 0.05) is 18.7 Å². The Hall–Kier alpha value is -2.19. The highest BCUT2D eigenvalue weighted by atomic mass is 32.1. The maximum atomic E-state index is 12.6. The Bertz CT molecular complexity index is 768. The second-order valence-electron chi connectivity index (χ2n) is 5.69. The Kier molecular flexibility index (Phi) is 4.96. The SMILES string of the molecule is COc1ccc(-c2n[nH]c(=S)n2CC(=O)N2CCO[C@H](C)C2)cc1. The number of ether oxygens (including phenoxy) is 2. The molecule has 24 heavy (non-hydrogen) atoms. The molecule has 7 nitrogen and oxygen atoms in total. The highest BCUT2D eigenvalue weighted by Gasteiger charge is 2.22. The van der Waals surface area contributed by atoms with Crippen LogP contribution in [-0.4, -0.2) is 58.5 Å². The summed E-state index contributed by atoms with van der Waals surface area (Å²) in [4.78, 5) is 14.4.